The molecule has 1 saturated heterocycles. The highest BCUT2D eigenvalue weighted by Crippen LogP contribution is 2.23. The number of hydrogen-bond acceptors (Lipinski definition) is 4. The van der Waals surface area contributed by atoms with E-state index in [0.29, 0.717) is 25.4 Å². The zero-order valence-corrected chi connectivity index (χ0v) is 19.5. The third-order valence-electron chi connectivity index (χ3n) is 5.47. The largest absolute Gasteiger partial charge is 0.379 e. The summed E-state index contributed by atoms with van der Waals surface area (Å²) >= 11 is 0. The lowest BCUT2D eigenvalue weighted by Gasteiger charge is -2.26. The van der Waals surface area contributed by atoms with Crippen molar-refractivity contribution in [3.05, 3.63) is 65.5 Å². The second-order valence-electron chi connectivity index (χ2n) is 9.14. The molecule has 2 amide bonds. The van der Waals surface area contributed by atoms with Crippen LogP contribution in [0.5, 0.6) is 0 Å². The topological polar surface area (TPSA) is 70.7 Å². The van der Waals surface area contributed by atoms with Gasteiger partial charge in [-0.15, -0.1) is 0 Å². The number of ether oxygens (including phenoxy) is 1. The average Bonchev–Trinajstić information content (AvgIpc) is 2.79. The van der Waals surface area contributed by atoms with E-state index in [0.717, 1.165) is 18.7 Å². The van der Waals surface area contributed by atoms with E-state index in [1.54, 1.807) is 6.08 Å². The Bertz CT molecular complexity index is 991. The molecule has 0 spiro atoms. The lowest BCUT2D eigenvalue weighted by molar-refractivity contribution is -0.116. The molecule has 0 saturated carbocycles. The van der Waals surface area contributed by atoms with Crippen LogP contribution >= 0.6 is 0 Å². The molecule has 2 aromatic carbocycles. The molecule has 1 fully saturated rings. The number of benzene rings is 2. The van der Waals surface area contributed by atoms with Crippen LogP contribution in [0.1, 0.15) is 38.3 Å². The Labute approximate surface area is 194 Å². The van der Waals surface area contributed by atoms with Gasteiger partial charge in [0, 0.05) is 37.8 Å². The van der Waals surface area contributed by atoms with Gasteiger partial charge < -0.3 is 15.4 Å². The standard InChI is InChI=1S/C26H32FN3O3/c1-26(2,3)20-7-4-19(5-8-20)6-11-24(31)28-21-9-10-22(27)23(18-21)29-25(32)12-13-30-14-16-33-17-15-30/h4-11,18H,12-17H2,1-3H3,(H,28,31)(H,29,32)/b11-6+. The highest BCUT2D eigenvalue weighted by Gasteiger charge is 2.14. The molecule has 1 aliphatic heterocycles. The molecule has 0 bridgehead atoms. The highest BCUT2D eigenvalue weighted by atomic mass is 19.1. The van der Waals surface area contributed by atoms with Crippen molar-refractivity contribution in [2.75, 3.05) is 43.5 Å². The van der Waals surface area contributed by atoms with E-state index < -0.39 is 5.82 Å². The van der Waals surface area contributed by atoms with Crippen LogP contribution in [0, 0.1) is 5.82 Å². The number of amides is 2. The van der Waals surface area contributed by atoms with Crippen molar-refractivity contribution in [3.63, 3.8) is 0 Å². The number of halogens is 1. The van der Waals surface area contributed by atoms with Crippen molar-refractivity contribution in [2.45, 2.75) is 32.6 Å². The van der Waals surface area contributed by atoms with Gasteiger partial charge in [0.05, 0.1) is 18.9 Å². The summed E-state index contributed by atoms with van der Waals surface area (Å²) in [5, 5.41) is 5.30. The third kappa shape index (κ3) is 7.80. The van der Waals surface area contributed by atoms with Gasteiger partial charge in [0.25, 0.3) is 0 Å². The van der Waals surface area contributed by atoms with Gasteiger partial charge in [-0.3, -0.25) is 14.5 Å². The van der Waals surface area contributed by atoms with E-state index in [2.05, 4.69) is 36.3 Å². The van der Waals surface area contributed by atoms with Gasteiger partial charge in [0.2, 0.25) is 11.8 Å². The van der Waals surface area contributed by atoms with Crippen LogP contribution < -0.4 is 10.6 Å². The SMILES string of the molecule is CC(C)(C)c1ccc(/C=C/C(=O)Nc2ccc(F)c(NC(=O)CCN3CCOCC3)c2)cc1. The third-order valence-corrected chi connectivity index (χ3v) is 5.47. The fourth-order valence-corrected chi connectivity index (χ4v) is 3.45. The quantitative estimate of drug-likeness (QED) is 0.609. The van der Waals surface area contributed by atoms with Gasteiger partial charge in [0.1, 0.15) is 5.82 Å². The van der Waals surface area contributed by atoms with Gasteiger partial charge in [-0.2, -0.15) is 0 Å². The molecule has 0 aromatic heterocycles. The van der Waals surface area contributed by atoms with E-state index >= 15 is 0 Å². The predicted octanol–water partition coefficient (Wildman–Crippen LogP) is 4.44. The maximum Gasteiger partial charge on any atom is 0.248 e. The molecule has 1 aliphatic rings. The Hall–Kier alpha value is -3.03. The number of nitrogens with zero attached hydrogens (tertiary/aromatic N) is 1. The first-order chi connectivity index (χ1) is 15.7. The molecule has 6 nitrogen and oxygen atoms in total. The molecule has 0 radical (unpaired) electrons. The number of nitrogens with one attached hydrogen (secondary N) is 2. The summed E-state index contributed by atoms with van der Waals surface area (Å²) in [6.45, 7) is 9.94. The van der Waals surface area contributed by atoms with Gasteiger partial charge in [-0.05, 0) is 40.8 Å². The fraction of sp³-hybridized carbons (Fsp3) is 0.385. The number of rotatable bonds is 7. The number of carbonyl (C=O) groups excluding carboxylic acids is 2. The van der Waals surface area contributed by atoms with E-state index in [4.69, 9.17) is 4.74 Å². The Kier molecular flexibility index (Phi) is 8.36. The van der Waals surface area contributed by atoms with Gasteiger partial charge in [-0.25, -0.2) is 4.39 Å². The molecular weight excluding hydrogens is 421 g/mol. The van der Waals surface area contributed by atoms with Crippen LogP contribution in [0.4, 0.5) is 15.8 Å². The Morgan fingerprint density at radius 2 is 1.76 bits per heavy atom. The molecule has 3 rings (SSSR count). The van der Waals surface area contributed by atoms with Crippen LogP contribution in [-0.2, 0) is 19.7 Å². The van der Waals surface area contributed by atoms with E-state index in [9.17, 15) is 14.0 Å². The monoisotopic (exact) mass is 453 g/mol. The van der Waals surface area contributed by atoms with E-state index in [1.807, 2.05) is 24.3 Å². The van der Waals surface area contributed by atoms with E-state index in [-0.39, 0.29) is 29.3 Å². The van der Waals surface area contributed by atoms with E-state index in [1.165, 1.54) is 29.8 Å². The van der Waals surface area contributed by atoms with Crippen molar-refractivity contribution in [3.8, 4) is 0 Å². The first-order valence-corrected chi connectivity index (χ1v) is 11.2. The minimum absolute atomic E-state index is 0.0431. The smallest absolute Gasteiger partial charge is 0.248 e. The Balaban J connectivity index is 1.54. The van der Waals surface area contributed by atoms with Crippen LogP contribution in [0.25, 0.3) is 6.08 Å². The predicted molar refractivity (Wildman–Crippen MR) is 130 cm³/mol. The molecule has 2 N–H and O–H groups in total. The minimum Gasteiger partial charge on any atom is -0.379 e. The summed E-state index contributed by atoms with van der Waals surface area (Å²) < 4.78 is 19.5. The van der Waals surface area contributed by atoms with Gasteiger partial charge in [0.15, 0.2) is 0 Å². The summed E-state index contributed by atoms with van der Waals surface area (Å²) in [5.74, 6) is -1.17. The normalized spacial score (nSPS) is 14.9. The lowest BCUT2D eigenvalue weighted by Crippen LogP contribution is -2.38. The summed E-state index contributed by atoms with van der Waals surface area (Å²) in [4.78, 5) is 26.7. The first-order valence-electron chi connectivity index (χ1n) is 11.2. The maximum absolute atomic E-state index is 14.2. The maximum atomic E-state index is 14.2. The second kappa shape index (κ2) is 11.2. The van der Waals surface area contributed by atoms with Gasteiger partial charge in [-0.1, -0.05) is 45.0 Å². The van der Waals surface area contributed by atoms with Crippen LogP contribution in [-0.4, -0.2) is 49.6 Å². The van der Waals surface area contributed by atoms with Gasteiger partial charge >= 0.3 is 0 Å². The van der Waals surface area contributed by atoms with Crippen molar-refractivity contribution in [1.82, 2.24) is 4.90 Å². The lowest BCUT2D eigenvalue weighted by atomic mass is 9.87. The van der Waals surface area contributed by atoms with Crippen molar-refractivity contribution >= 4 is 29.3 Å². The zero-order chi connectivity index (χ0) is 23.8. The Morgan fingerprint density at radius 3 is 2.42 bits per heavy atom. The average molecular weight is 454 g/mol. The molecule has 7 heteroatoms. The van der Waals surface area contributed by atoms with Crippen molar-refractivity contribution in [2.24, 2.45) is 0 Å². The summed E-state index contributed by atoms with van der Waals surface area (Å²) in [6.07, 6.45) is 3.41. The highest BCUT2D eigenvalue weighted by molar-refractivity contribution is 6.02. The number of morpholine rings is 1. The molecule has 0 atom stereocenters. The van der Waals surface area contributed by atoms with Crippen molar-refractivity contribution < 1.29 is 18.7 Å². The summed E-state index contributed by atoms with van der Waals surface area (Å²) in [5.41, 5.74) is 2.64. The zero-order valence-electron chi connectivity index (χ0n) is 19.5. The van der Waals surface area contributed by atoms with Crippen LogP contribution in [0.3, 0.4) is 0 Å². The molecule has 0 aliphatic carbocycles. The summed E-state index contributed by atoms with van der Waals surface area (Å²) in [7, 11) is 0. The molecule has 33 heavy (non-hydrogen) atoms. The molecular formula is C26H32FN3O3. The molecule has 1 heterocycles. The number of hydrogen-bond donors (Lipinski definition) is 2. The van der Waals surface area contributed by atoms with Crippen molar-refractivity contribution in [1.29, 1.82) is 0 Å². The second-order valence-corrected chi connectivity index (χ2v) is 9.14. The molecule has 176 valence electrons. The fourth-order valence-electron chi connectivity index (χ4n) is 3.45. The number of carbonyl (C=O) groups is 2. The minimum atomic E-state index is -0.554. The summed E-state index contributed by atoms with van der Waals surface area (Å²) in [6, 6.07) is 12.1. The Morgan fingerprint density at radius 1 is 1.06 bits per heavy atom. The van der Waals surface area contributed by atoms with Crippen LogP contribution in [0.2, 0.25) is 0 Å². The number of anilines is 2. The first kappa shape index (κ1) is 24.6. The van der Waals surface area contributed by atoms with Crippen LogP contribution in [0.15, 0.2) is 48.5 Å². The molecule has 2 aromatic rings. The molecule has 0 unspecified atom stereocenters.